The first-order chi connectivity index (χ1) is 7.26. The predicted octanol–water partition coefficient (Wildman–Crippen LogP) is 4.13. The monoisotopic (exact) mass is 264 g/mol. The molecule has 0 aromatic heterocycles. The highest BCUT2D eigenvalue weighted by Gasteiger charge is 1.95. The molecule has 0 aliphatic carbocycles. The zero-order chi connectivity index (χ0) is 11.1. The van der Waals surface area contributed by atoms with Crippen LogP contribution in [-0.4, -0.2) is 6.61 Å². The van der Waals surface area contributed by atoms with E-state index in [0.717, 1.165) is 15.8 Å². The van der Waals surface area contributed by atoms with E-state index in [4.69, 9.17) is 4.74 Å². The van der Waals surface area contributed by atoms with Crippen LogP contribution in [0.3, 0.4) is 0 Å². The van der Waals surface area contributed by atoms with Crippen molar-refractivity contribution >= 4 is 15.9 Å². The van der Waals surface area contributed by atoms with Crippen molar-refractivity contribution in [1.82, 2.24) is 0 Å². The third-order valence-corrected chi connectivity index (χ3v) is 2.29. The van der Waals surface area contributed by atoms with Crippen LogP contribution >= 0.6 is 15.9 Å². The Morgan fingerprint density at radius 2 is 2.20 bits per heavy atom. The second-order valence-electron chi connectivity index (χ2n) is 2.93. The van der Waals surface area contributed by atoms with Crippen molar-refractivity contribution in [2.24, 2.45) is 0 Å². The summed E-state index contributed by atoms with van der Waals surface area (Å²) in [6, 6.07) is 7.74. The molecular formula is C13H13BrO. The Labute approximate surface area is 98.9 Å². The molecule has 0 aliphatic rings. The summed E-state index contributed by atoms with van der Waals surface area (Å²) in [7, 11) is 0. The quantitative estimate of drug-likeness (QED) is 0.727. The van der Waals surface area contributed by atoms with Gasteiger partial charge in [0.15, 0.2) is 0 Å². The van der Waals surface area contributed by atoms with Gasteiger partial charge in [-0.3, -0.25) is 0 Å². The van der Waals surface area contributed by atoms with Gasteiger partial charge < -0.3 is 4.74 Å². The van der Waals surface area contributed by atoms with Gasteiger partial charge in [0.05, 0.1) is 0 Å². The SMILES string of the molecule is C=C/C=C(\C=C)COc1cccc(Br)c1. The number of halogens is 1. The first-order valence-corrected chi connectivity index (χ1v) is 5.38. The fraction of sp³-hybridized carbons (Fsp3) is 0.0769. The van der Waals surface area contributed by atoms with E-state index in [0.29, 0.717) is 6.61 Å². The molecule has 0 spiro atoms. The minimum absolute atomic E-state index is 0.506. The third kappa shape index (κ3) is 4.17. The van der Waals surface area contributed by atoms with Gasteiger partial charge in [0.2, 0.25) is 0 Å². The van der Waals surface area contributed by atoms with E-state index >= 15 is 0 Å². The van der Waals surface area contributed by atoms with E-state index in [-0.39, 0.29) is 0 Å². The number of ether oxygens (including phenoxy) is 1. The third-order valence-electron chi connectivity index (χ3n) is 1.80. The van der Waals surface area contributed by atoms with Crippen molar-refractivity contribution in [2.45, 2.75) is 0 Å². The van der Waals surface area contributed by atoms with Crippen LogP contribution < -0.4 is 4.74 Å². The molecule has 0 radical (unpaired) electrons. The highest BCUT2D eigenvalue weighted by molar-refractivity contribution is 9.10. The Morgan fingerprint density at radius 1 is 1.40 bits per heavy atom. The summed E-state index contributed by atoms with van der Waals surface area (Å²) >= 11 is 3.39. The van der Waals surface area contributed by atoms with Crippen molar-refractivity contribution in [2.75, 3.05) is 6.61 Å². The van der Waals surface area contributed by atoms with Crippen LogP contribution in [-0.2, 0) is 0 Å². The summed E-state index contributed by atoms with van der Waals surface area (Å²) in [5.41, 5.74) is 1.00. The molecule has 1 rings (SSSR count). The average molecular weight is 265 g/mol. The maximum Gasteiger partial charge on any atom is 0.120 e. The lowest BCUT2D eigenvalue weighted by molar-refractivity contribution is 0.355. The second kappa shape index (κ2) is 6.25. The van der Waals surface area contributed by atoms with E-state index in [1.54, 1.807) is 12.2 Å². The van der Waals surface area contributed by atoms with Gasteiger partial charge >= 0.3 is 0 Å². The normalized spacial score (nSPS) is 10.9. The molecular weight excluding hydrogens is 252 g/mol. The molecule has 0 saturated carbocycles. The topological polar surface area (TPSA) is 9.23 Å². The molecule has 0 atom stereocenters. The lowest BCUT2D eigenvalue weighted by Gasteiger charge is -2.06. The van der Waals surface area contributed by atoms with Crippen LogP contribution in [0.1, 0.15) is 0 Å². The van der Waals surface area contributed by atoms with Crippen molar-refractivity contribution in [3.63, 3.8) is 0 Å². The minimum Gasteiger partial charge on any atom is -0.489 e. The van der Waals surface area contributed by atoms with Gasteiger partial charge in [-0.05, 0) is 23.8 Å². The fourth-order valence-corrected chi connectivity index (χ4v) is 1.43. The fourth-order valence-electron chi connectivity index (χ4n) is 1.05. The van der Waals surface area contributed by atoms with Crippen molar-refractivity contribution in [3.8, 4) is 5.75 Å². The van der Waals surface area contributed by atoms with Gasteiger partial charge in [0.25, 0.3) is 0 Å². The summed E-state index contributed by atoms with van der Waals surface area (Å²) in [6.07, 6.45) is 5.37. The minimum atomic E-state index is 0.506. The Hall–Kier alpha value is -1.28. The zero-order valence-corrected chi connectivity index (χ0v) is 10.0. The molecule has 0 heterocycles. The number of benzene rings is 1. The van der Waals surface area contributed by atoms with E-state index in [1.807, 2.05) is 30.3 Å². The van der Waals surface area contributed by atoms with Crippen LogP contribution in [0.2, 0.25) is 0 Å². The Balaban J connectivity index is 2.60. The highest BCUT2D eigenvalue weighted by Crippen LogP contribution is 2.18. The molecule has 0 amide bonds. The van der Waals surface area contributed by atoms with Gasteiger partial charge in [0.1, 0.15) is 12.4 Å². The Morgan fingerprint density at radius 3 is 2.80 bits per heavy atom. The lowest BCUT2D eigenvalue weighted by Crippen LogP contribution is -1.98. The van der Waals surface area contributed by atoms with Gasteiger partial charge in [-0.15, -0.1) is 0 Å². The van der Waals surface area contributed by atoms with Gasteiger partial charge in [-0.2, -0.15) is 0 Å². The summed E-state index contributed by atoms with van der Waals surface area (Å²) in [6.45, 7) is 7.84. The molecule has 0 fully saturated rings. The number of rotatable bonds is 5. The Kier molecular flexibility index (Phi) is 4.91. The molecule has 0 bridgehead atoms. The molecule has 0 aliphatic heterocycles. The van der Waals surface area contributed by atoms with Crippen LogP contribution in [0.25, 0.3) is 0 Å². The van der Waals surface area contributed by atoms with Crippen LogP contribution in [0, 0.1) is 0 Å². The van der Waals surface area contributed by atoms with Crippen LogP contribution in [0.5, 0.6) is 5.75 Å². The van der Waals surface area contributed by atoms with Crippen molar-refractivity contribution in [1.29, 1.82) is 0 Å². The number of hydrogen-bond donors (Lipinski definition) is 0. The smallest absolute Gasteiger partial charge is 0.120 e. The van der Waals surface area contributed by atoms with Gasteiger partial charge in [0, 0.05) is 4.47 Å². The molecule has 1 nitrogen and oxygen atoms in total. The highest BCUT2D eigenvalue weighted by atomic mass is 79.9. The maximum atomic E-state index is 5.58. The predicted molar refractivity (Wildman–Crippen MR) is 68.1 cm³/mol. The largest absolute Gasteiger partial charge is 0.489 e. The van der Waals surface area contributed by atoms with Gasteiger partial charge in [-0.1, -0.05) is 53.4 Å². The molecule has 0 saturated heterocycles. The lowest BCUT2D eigenvalue weighted by atomic mass is 10.2. The molecule has 0 unspecified atom stereocenters. The van der Waals surface area contributed by atoms with E-state index < -0.39 is 0 Å². The summed E-state index contributed by atoms with van der Waals surface area (Å²) in [5, 5.41) is 0. The average Bonchev–Trinajstić information content (AvgIpc) is 2.24. The van der Waals surface area contributed by atoms with Crippen molar-refractivity contribution in [3.05, 3.63) is 65.7 Å². The van der Waals surface area contributed by atoms with E-state index in [9.17, 15) is 0 Å². The molecule has 78 valence electrons. The summed E-state index contributed by atoms with van der Waals surface area (Å²) in [4.78, 5) is 0. The molecule has 15 heavy (non-hydrogen) atoms. The number of allylic oxidation sites excluding steroid dienone is 2. The summed E-state index contributed by atoms with van der Waals surface area (Å²) in [5.74, 6) is 0.834. The Bertz CT molecular complexity index is 380. The van der Waals surface area contributed by atoms with E-state index in [2.05, 4.69) is 29.1 Å². The molecule has 1 aromatic rings. The molecule has 2 heteroatoms. The van der Waals surface area contributed by atoms with Crippen LogP contribution in [0.4, 0.5) is 0 Å². The second-order valence-corrected chi connectivity index (χ2v) is 3.84. The number of hydrogen-bond acceptors (Lipinski definition) is 1. The van der Waals surface area contributed by atoms with Crippen LogP contribution in [0.15, 0.2) is 65.7 Å². The molecule has 1 aromatic carbocycles. The molecule has 0 N–H and O–H groups in total. The van der Waals surface area contributed by atoms with E-state index in [1.165, 1.54) is 0 Å². The summed E-state index contributed by atoms with van der Waals surface area (Å²) < 4.78 is 6.58. The standard InChI is InChI=1S/C13H13BrO/c1-3-6-11(4-2)10-15-13-8-5-7-12(14)9-13/h3-9H,1-2,10H2/b11-6+. The van der Waals surface area contributed by atoms with Gasteiger partial charge in [-0.25, -0.2) is 0 Å². The van der Waals surface area contributed by atoms with Crippen molar-refractivity contribution < 1.29 is 4.74 Å². The maximum absolute atomic E-state index is 5.58. The first kappa shape index (κ1) is 11.8. The zero-order valence-electron chi connectivity index (χ0n) is 8.45. The first-order valence-electron chi connectivity index (χ1n) is 4.58.